The minimum atomic E-state index is -5.25. The van der Waals surface area contributed by atoms with Crippen molar-refractivity contribution in [2.75, 3.05) is 25.0 Å². The van der Waals surface area contributed by atoms with E-state index in [1.54, 1.807) is 0 Å². The van der Waals surface area contributed by atoms with Crippen molar-refractivity contribution >= 4 is 21.7 Å². The van der Waals surface area contributed by atoms with Gasteiger partial charge in [-0.25, -0.2) is 8.42 Å². The molecule has 26 heavy (non-hydrogen) atoms. The fraction of sp³-hybridized carbons (Fsp3) is 0.562. The average Bonchev–Trinajstić information content (AvgIpc) is 2.56. The molecule has 0 unspecified atom stereocenters. The number of nitrogens with one attached hydrogen (secondary N) is 1. The first-order valence-corrected chi connectivity index (χ1v) is 9.65. The number of anilines is 1. The van der Waals surface area contributed by atoms with Crippen LogP contribution >= 0.6 is 0 Å². The third-order valence-electron chi connectivity index (χ3n) is 4.51. The van der Waals surface area contributed by atoms with E-state index in [9.17, 15) is 21.6 Å². The van der Waals surface area contributed by atoms with Crippen molar-refractivity contribution in [1.82, 2.24) is 4.31 Å². The number of halogens is 3. The summed E-state index contributed by atoms with van der Waals surface area (Å²) < 4.78 is 60.9. The summed E-state index contributed by atoms with van der Waals surface area (Å²) in [6, 6.07) is 5.78. The molecule has 0 bridgehead atoms. The number of nitrogens with zero attached hydrogens (tertiary/aromatic N) is 2. The second kappa shape index (κ2) is 7.83. The first kappa shape index (κ1) is 20.5. The molecule has 0 aromatic heterocycles. The number of rotatable bonds is 4. The van der Waals surface area contributed by atoms with Crippen LogP contribution in [0.4, 0.5) is 18.9 Å². The number of aryl methyl sites for hydroxylation is 2. The number of sulfonamides is 1. The molecule has 0 radical (unpaired) electrons. The van der Waals surface area contributed by atoms with Crippen LogP contribution < -0.4 is 11.1 Å². The molecule has 2 rings (SSSR count). The summed E-state index contributed by atoms with van der Waals surface area (Å²) in [5.74, 6) is 0.216. The molecule has 1 aliphatic heterocycles. The van der Waals surface area contributed by atoms with Crippen LogP contribution in [0.3, 0.4) is 0 Å². The Bertz CT molecular complexity index is 770. The minimum Gasteiger partial charge on any atom is -0.370 e. The summed E-state index contributed by atoms with van der Waals surface area (Å²) in [5.41, 5.74) is 3.67. The predicted molar refractivity (Wildman–Crippen MR) is 95.3 cm³/mol. The highest BCUT2D eigenvalue weighted by Crippen LogP contribution is 2.30. The Balaban J connectivity index is 1.87. The van der Waals surface area contributed by atoms with Crippen LogP contribution in [0.2, 0.25) is 0 Å². The van der Waals surface area contributed by atoms with E-state index in [0.29, 0.717) is 23.7 Å². The predicted octanol–water partition coefficient (Wildman–Crippen LogP) is 2.59. The monoisotopic (exact) mass is 392 g/mol. The Morgan fingerprint density at radius 3 is 2.42 bits per heavy atom. The van der Waals surface area contributed by atoms with Gasteiger partial charge in [0.15, 0.2) is 5.96 Å². The molecule has 3 N–H and O–H groups in total. The molecule has 1 fully saturated rings. The number of hydrogen-bond donors (Lipinski definition) is 2. The lowest BCUT2D eigenvalue weighted by atomic mass is 9.98. The van der Waals surface area contributed by atoms with E-state index >= 15 is 0 Å². The molecule has 1 aliphatic rings. The molecule has 10 heteroatoms. The van der Waals surface area contributed by atoms with Crippen molar-refractivity contribution in [2.45, 2.75) is 32.2 Å². The fourth-order valence-corrected chi connectivity index (χ4v) is 3.70. The second-order valence-electron chi connectivity index (χ2n) is 6.44. The summed E-state index contributed by atoms with van der Waals surface area (Å²) >= 11 is 0. The van der Waals surface area contributed by atoms with Gasteiger partial charge in [-0.1, -0.05) is 6.07 Å². The Labute approximate surface area is 151 Å². The summed E-state index contributed by atoms with van der Waals surface area (Å²) in [5, 5.41) is 2.98. The number of alkyl halides is 3. The maximum atomic E-state index is 12.6. The maximum Gasteiger partial charge on any atom is 0.511 e. The smallest absolute Gasteiger partial charge is 0.370 e. The van der Waals surface area contributed by atoms with Gasteiger partial charge in [0, 0.05) is 25.3 Å². The Morgan fingerprint density at radius 1 is 1.27 bits per heavy atom. The molecular formula is C16H23F3N4O2S. The van der Waals surface area contributed by atoms with E-state index in [1.165, 1.54) is 0 Å². The highest BCUT2D eigenvalue weighted by Gasteiger charge is 2.50. The zero-order valence-electron chi connectivity index (χ0n) is 14.7. The summed E-state index contributed by atoms with van der Waals surface area (Å²) in [4.78, 5) is 4.22. The van der Waals surface area contributed by atoms with Gasteiger partial charge in [-0.05, 0) is 55.9 Å². The second-order valence-corrected chi connectivity index (χ2v) is 8.37. The van der Waals surface area contributed by atoms with Crippen molar-refractivity contribution in [3.05, 3.63) is 29.3 Å². The van der Waals surface area contributed by atoms with Gasteiger partial charge in [-0.3, -0.25) is 4.99 Å². The van der Waals surface area contributed by atoms with E-state index in [1.807, 2.05) is 32.0 Å². The molecule has 0 aliphatic carbocycles. The number of aliphatic imine (C=N–C) groups is 1. The van der Waals surface area contributed by atoms with Gasteiger partial charge in [0.25, 0.3) is 0 Å². The van der Waals surface area contributed by atoms with Crippen LogP contribution in [0.25, 0.3) is 0 Å². The van der Waals surface area contributed by atoms with Gasteiger partial charge in [0.05, 0.1) is 0 Å². The summed E-state index contributed by atoms with van der Waals surface area (Å²) in [7, 11) is -5.24. The third kappa shape index (κ3) is 4.88. The number of piperidine rings is 1. The van der Waals surface area contributed by atoms with Gasteiger partial charge < -0.3 is 11.1 Å². The molecule has 146 valence electrons. The van der Waals surface area contributed by atoms with E-state index in [-0.39, 0.29) is 25.0 Å². The van der Waals surface area contributed by atoms with E-state index in [0.717, 1.165) is 16.8 Å². The highest BCUT2D eigenvalue weighted by molar-refractivity contribution is 7.90. The number of nitrogens with two attached hydrogens (primary N) is 1. The van der Waals surface area contributed by atoms with E-state index in [2.05, 4.69) is 10.3 Å². The Morgan fingerprint density at radius 2 is 1.88 bits per heavy atom. The molecule has 1 heterocycles. The van der Waals surface area contributed by atoms with Crippen molar-refractivity contribution in [1.29, 1.82) is 0 Å². The van der Waals surface area contributed by atoms with Gasteiger partial charge in [0.2, 0.25) is 0 Å². The quantitative estimate of drug-likeness (QED) is 0.609. The van der Waals surface area contributed by atoms with Crippen LogP contribution in [0.1, 0.15) is 24.0 Å². The van der Waals surface area contributed by atoms with Crippen LogP contribution in [-0.4, -0.2) is 43.8 Å². The molecule has 0 atom stereocenters. The van der Waals surface area contributed by atoms with E-state index < -0.39 is 15.5 Å². The van der Waals surface area contributed by atoms with Crippen LogP contribution in [0.5, 0.6) is 0 Å². The van der Waals surface area contributed by atoms with Gasteiger partial charge in [-0.15, -0.1) is 0 Å². The first-order valence-electron chi connectivity index (χ1n) is 8.21. The largest absolute Gasteiger partial charge is 0.511 e. The highest BCUT2D eigenvalue weighted by atomic mass is 32.2. The van der Waals surface area contributed by atoms with Gasteiger partial charge in [0.1, 0.15) is 0 Å². The maximum absolute atomic E-state index is 12.6. The number of guanidine groups is 1. The lowest BCUT2D eigenvalue weighted by molar-refractivity contribution is -0.0496. The van der Waals surface area contributed by atoms with Crippen LogP contribution in [-0.2, 0) is 10.0 Å². The fourth-order valence-electron chi connectivity index (χ4n) is 2.71. The van der Waals surface area contributed by atoms with Crippen LogP contribution in [0.15, 0.2) is 23.2 Å². The van der Waals surface area contributed by atoms with Gasteiger partial charge in [-0.2, -0.15) is 17.5 Å². The van der Waals surface area contributed by atoms with Crippen molar-refractivity contribution in [3.8, 4) is 0 Å². The lowest BCUT2D eigenvalue weighted by Gasteiger charge is -2.30. The Hall–Kier alpha value is -1.81. The number of benzene rings is 1. The van der Waals surface area contributed by atoms with Crippen LogP contribution in [0, 0.1) is 19.8 Å². The Kier molecular flexibility index (Phi) is 6.17. The molecule has 0 saturated carbocycles. The molecule has 0 spiro atoms. The zero-order valence-corrected chi connectivity index (χ0v) is 15.5. The standard InChI is InChI=1S/C16H23F3N4O2S/c1-11-3-4-14(9-12(11)2)22-15(20)21-10-13-5-7-23(8-6-13)26(24,25)16(17,18)19/h3-4,9,13H,5-8,10H2,1-2H3,(H3,20,21,22). The molecule has 1 aromatic rings. The lowest BCUT2D eigenvalue weighted by Crippen LogP contribution is -2.45. The number of hydrogen-bond acceptors (Lipinski definition) is 3. The van der Waals surface area contributed by atoms with E-state index in [4.69, 9.17) is 5.73 Å². The summed E-state index contributed by atoms with van der Waals surface area (Å²) in [6.07, 6.45) is 0.630. The van der Waals surface area contributed by atoms with Crippen molar-refractivity contribution < 1.29 is 21.6 Å². The zero-order chi connectivity index (χ0) is 19.5. The molecule has 0 amide bonds. The molecule has 1 aromatic carbocycles. The van der Waals surface area contributed by atoms with Crippen molar-refractivity contribution in [3.63, 3.8) is 0 Å². The van der Waals surface area contributed by atoms with Crippen molar-refractivity contribution in [2.24, 2.45) is 16.6 Å². The summed E-state index contributed by atoms with van der Waals surface area (Å²) in [6.45, 7) is 4.00. The minimum absolute atomic E-state index is 0.00483. The third-order valence-corrected chi connectivity index (χ3v) is 6.14. The molecular weight excluding hydrogens is 369 g/mol. The topological polar surface area (TPSA) is 87.8 Å². The molecule has 6 nitrogen and oxygen atoms in total. The van der Waals surface area contributed by atoms with Gasteiger partial charge >= 0.3 is 15.5 Å². The average molecular weight is 392 g/mol. The molecule has 1 saturated heterocycles. The SMILES string of the molecule is Cc1ccc(NC(N)=NCC2CCN(S(=O)(=O)C(F)(F)F)CC2)cc1C. The normalized spacial score (nSPS) is 18.1. The first-order chi connectivity index (χ1) is 12.0.